The molecule has 0 N–H and O–H groups in total. The highest BCUT2D eigenvalue weighted by atomic mass is 35.5. The molecule has 0 saturated heterocycles. The molecule has 1 aromatic heterocycles. The van der Waals surface area contributed by atoms with E-state index >= 15 is 4.39 Å². The van der Waals surface area contributed by atoms with Crippen LogP contribution in [-0.2, 0) is 28.0 Å². The van der Waals surface area contributed by atoms with Crippen LogP contribution in [0.4, 0.5) is 4.39 Å². The van der Waals surface area contributed by atoms with E-state index in [1.165, 1.54) is 5.56 Å². The van der Waals surface area contributed by atoms with Gasteiger partial charge in [-0.05, 0) is 79.2 Å². The third-order valence-corrected chi connectivity index (χ3v) is 9.91. The van der Waals surface area contributed by atoms with Crippen molar-refractivity contribution >= 4 is 17.6 Å². The van der Waals surface area contributed by atoms with Crippen LogP contribution in [0.5, 0.6) is 11.6 Å². The number of esters is 1. The minimum Gasteiger partial charge on any atom is -0.486 e. The molecule has 1 spiro atoms. The predicted molar refractivity (Wildman–Crippen MR) is 157 cm³/mol. The predicted octanol–water partition coefficient (Wildman–Crippen LogP) is 8.19. The standard InChI is InChI=1S/C34H37ClFNO4/c1-5-40-32(38)25-18-34(25)16-14-21-9-12-27(30(36)29(21)34)41-19-20-8-10-22(31-26(35)11-13-28(37-31)39-4)23(17-20)24-7-6-15-33(24,2)3/h8-13,17,24-25H,5-7,14-16,18-19H2,1-4H3/t24-,25-,34+/m0/s1. The lowest BCUT2D eigenvalue weighted by atomic mass is 9.75. The van der Waals surface area contributed by atoms with Gasteiger partial charge < -0.3 is 14.2 Å². The molecule has 41 heavy (non-hydrogen) atoms. The monoisotopic (exact) mass is 577 g/mol. The summed E-state index contributed by atoms with van der Waals surface area (Å²) in [6.45, 7) is 6.99. The normalized spacial score (nSPS) is 23.9. The maximum Gasteiger partial charge on any atom is 0.309 e. The number of ether oxygens (including phenoxy) is 3. The van der Waals surface area contributed by atoms with Crippen LogP contribution in [0.3, 0.4) is 0 Å². The largest absolute Gasteiger partial charge is 0.486 e. The molecule has 5 nitrogen and oxygen atoms in total. The van der Waals surface area contributed by atoms with Crippen LogP contribution in [0, 0.1) is 17.2 Å². The molecular formula is C34H37ClFNO4. The van der Waals surface area contributed by atoms with Gasteiger partial charge in [0.1, 0.15) is 6.61 Å². The van der Waals surface area contributed by atoms with E-state index in [4.69, 9.17) is 30.8 Å². The van der Waals surface area contributed by atoms with Crippen LogP contribution in [0.25, 0.3) is 11.3 Å². The Morgan fingerprint density at radius 3 is 2.71 bits per heavy atom. The van der Waals surface area contributed by atoms with E-state index in [0.717, 1.165) is 48.8 Å². The Morgan fingerprint density at radius 2 is 1.98 bits per heavy atom. The zero-order chi connectivity index (χ0) is 28.9. The molecule has 3 aliphatic carbocycles. The van der Waals surface area contributed by atoms with E-state index in [0.29, 0.717) is 41.1 Å². The molecule has 216 valence electrons. The maximum atomic E-state index is 16.0. The summed E-state index contributed by atoms with van der Waals surface area (Å²) in [4.78, 5) is 17.2. The first-order valence-electron chi connectivity index (χ1n) is 14.6. The first-order chi connectivity index (χ1) is 19.7. The summed E-state index contributed by atoms with van der Waals surface area (Å²) in [6.07, 6.45) is 5.56. The van der Waals surface area contributed by atoms with E-state index in [1.54, 1.807) is 26.2 Å². The minimum absolute atomic E-state index is 0.125. The smallest absolute Gasteiger partial charge is 0.309 e. The van der Waals surface area contributed by atoms with Gasteiger partial charge in [0.05, 0.1) is 30.4 Å². The maximum absolute atomic E-state index is 16.0. The SMILES string of the molecule is CCOC(=O)[C@@H]1C[C@]12CCc1ccc(OCc3ccc(-c4nc(OC)ccc4Cl)c([C@@H]4CCCC4(C)C)c3)c(F)c12. The van der Waals surface area contributed by atoms with Crippen molar-refractivity contribution in [3.8, 4) is 22.9 Å². The third kappa shape index (κ3) is 4.88. The van der Waals surface area contributed by atoms with Gasteiger partial charge in [-0.15, -0.1) is 0 Å². The van der Waals surface area contributed by atoms with Gasteiger partial charge in [0.2, 0.25) is 5.88 Å². The van der Waals surface area contributed by atoms with E-state index in [2.05, 4.69) is 26.0 Å². The Bertz CT molecular complexity index is 1500. The van der Waals surface area contributed by atoms with Crippen molar-refractivity contribution in [1.82, 2.24) is 4.98 Å². The van der Waals surface area contributed by atoms with Gasteiger partial charge in [0, 0.05) is 22.6 Å². The van der Waals surface area contributed by atoms with E-state index in [-0.39, 0.29) is 35.5 Å². The van der Waals surface area contributed by atoms with Crippen LogP contribution >= 0.6 is 11.6 Å². The van der Waals surface area contributed by atoms with E-state index < -0.39 is 5.41 Å². The van der Waals surface area contributed by atoms with Crippen LogP contribution in [-0.4, -0.2) is 24.7 Å². The van der Waals surface area contributed by atoms with Crippen molar-refractivity contribution in [2.24, 2.45) is 11.3 Å². The number of hydrogen-bond acceptors (Lipinski definition) is 5. The summed E-state index contributed by atoms with van der Waals surface area (Å²) >= 11 is 6.64. The number of fused-ring (bicyclic) bond motifs is 2. The lowest BCUT2D eigenvalue weighted by Crippen LogP contribution is -2.17. The number of hydrogen-bond donors (Lipinski definition) is 0. The molecular weight excluding hydrogens is 541 g/mol. The zero-order valence-corrected chi connectivity index (χ0v) is 24.9. The molecule has 0 unspecified atom stereocenters. The number of nitrogens with zero attached hydrogens (tertiary/aromatic N) is 1. The van der Waals surface area contributed by atoms with Crippen LogP contribution in [0.1, 0.15) is 81.0 Å². The summed E-state index contributed by atoms with van der Waals surface area (Å²) in [5.41, 5.74) is 5.12. The number of benzene rings is 2. The molecule has 2 aromatic carbocycles. The molecule has 0 radical (unpaired) electrons. The van der Waals surface area contributed by atoms with E-state index in [9.17, 15) is 4.79 Å². The summed E-state index contributed by atoms with van der Waals surface area (Å²) in [6, 6.07) is 13.5. The number of pyridine rings is 1. The van der Waals surface area contributed by atoms with Crippen molar-refractivity contribution in [2.75, 3.05) is 13.7 Å². The number of aryl methyl sites for hydroxylation is 1. The first kappa shape index (κ1) is 28.0. The molecule has 7 heteroatoms. The van der Waals surface area contributed by atoms with Crippen molar-refractivity contribution in [1.29, 1.82) is 0 Å². The fourth-order valence-electron chi connectivity index (χ4n) is 7.34. The van der Waals surface area contributed by atoms with Crippen molar-refractivity contribution in [3.05, 3.63) is 75.6 Å². The molecule has 3 aromatic rings. The Balaban J connectivity index is 1.30. The van der Waals surface area contributed by atoms with Gasteiger partial charge in [0.15, 0.2) is 11.6 Å². The second-order valence-corrected chi connectivity index (χ2v) is 12.8. The molecule has 0 amide bonds. The average molecular weight is 578 g/mol. The molecule has 0 aliphatic heterocycles. The summed E-state index contributed by atoms with van der Waals surface area (Å²) < 4.78 is 32.7. The molecule has 0 bridgehead atoms. The average Bonchev–Trinajstić information content (AvgIpc) is 3.40. The van der Waals surface area contributed by atoms with Crippen LogP contribution < -0.4 is 9.47 Å². The second-order valence-electron chi connectivity index (χ2n) is 12.4. The quantitative estimate of drug-likeness (QED) is 0.253. The lowest BCUT2D eigenvalue weighted by Gasteiger charge is -2.29. The minimum atomic E-state index is -0.447. The summed E-state index contributed by atoms with van der Waals surface area (Å²) in [5, 5.41) is 0.571. The number of methoxy groups -OCH3 is 1. The zero-order valence-electron chi connectivity index (χ0n) is 24.2. The molecule has 2 fully saturated rings. The molecule has 6 rings (SSSR count). The Hall–Kier alpha value is -3.12. The topological polar surface area (TPSA) is 57.7 Å². The number of halogens is 2. The third-order valence-electron chi connectivity index (χ3n) is 9.61. The van der Waals surface area contributed by atoms with Gasteiger partial charge in [-0.3, -0.25) is 4.79 Å². The Labute approximate surface area is 246 Å². The van der Waals surface area contributed by atoms with Crippen molar-refractivity contribution < 1.29 is 23.4 Å². The van der Waals surface area contributed by atoms with Crippen molar-refractivity contribution in [2.45, 2.75) is 77.2 Å². The molecule has 3 atom stereocenters. The number of rotatable bonds is 8. The van der Waals surface area contributed by atoms with Gasteiger partial charge in [0.25, 0.3) is 0 Å². The number of carbonyl (C=O) groups is 1. The fraction of sp³-hybridized carbons (Fsp3) is 0.471. The van der Waals surface area contributed by atoms with Gasteiger partial charge in [-0.25, -0.2) is 9.37 Å². The van der Waals surface area contributed by atoms with E-state index in [1.807, 2.05) is 18.2 Å². The number of carbonyl (C=O) groups excluding carboxylic acids is 1. The number of aromatic nitrogens is 1. The summed E-state index contributed by atoms with van der Waals surface area (Å²) in [5.74, 6) is 0.234. The van der Waals surface area contributed by atoms with Crippen LogP contribution in [0.15, 0.2) is 42.5 Å². The summed E-state index contributed by atoms with van der Waals surface area (Å²) in [7, 11) is 1.60. The highest BCUT2D eigenvalue weighted by molar-refractivity contribution is 6.33. The molecule has 3 aliphatic rings. The fourth-order valence-corrected chi connectivity index (χ4v) is 7.55. The highest BCUT2D eigenvalue weighted by Gasteiger charge is 2.63. The lowest BCUT2D eigenvalue weighted by molar-refractivity contribution is -0.145. The van der Waals surface area contributed by atoms with Gasteiger partial charge in [-0.2, -0.15) is 0 Å². The van der Waals surface area contributed by atoms with Crippen LogP contribution in [0.2, 0.25) is 5.02 Å². The Kier molecular flexibility index (Phi) is 7.25. The first-order valence-corrected chi connectivity index (χ1v) is 15.0. The Morgan fingerprint density at radius 1 is 1.15 bits per heavy atom. The highest BCUT2D eigenvalue weighted by Crippen LogP contribution is 2.63. The van der Waals surface area contributed by atoms with Gasteiger partial charge >= 0.3 is 5.97 Å². The second kappa shape index (κ2) is 10.6. The van der Waals surface area contributed by atoms with Gasteiger partial charge in [-0.1, -0.05) is 56.1 Å². The molecule has 1 heterocycles. The molecule has 2 saturated carbocycles. The van der Waals surface area contributed by atoms with Crippen molar-refractivity contribution in [3.63, 3.8) is 0 Å².